The Hall–Kier alpha value is -3.03. The molecule has 1 aliphatic rings. The number of carbonyl (C=O) groups excluding carboxylic acids is 1. The van der Waals surface area contributed by atoms with Crippen molar-refractivity contribution in [2.75, 3.05) is 38.2 Å². The highest BCUT2D eigenvalue weighted by atomic mass is 16.6. The van der Waals surface area contributed by atoms with Gasteiger partial charge in [-0.05, 0) is 45.0 Å². The van der Waals surface area contributed by atoms with Crippen LogP contribution in [0.2, 0.25) is 0 Å². The zero-order valence-corrected chi connectivity index (χ0v) is 16.7. The Balaban J connectivity index is 1.66. The molecular weight excluding hydrogens is 360 g/mol. The first kappa shape index (κ1) is 19.7. The molecule has 0 saturated carbocycles. The van der Waals surface area contributed by atoms with Crippen LogP contribution in [0.1, 0.15) is 20.8 Å². The number of hydrogen-bond acceptors (Lipinski definition) is 7. The number of carbonyl (C=O) groups is 1. The molecule has 150 valence electrons. The summed E-state index contributed by atoms with van der Waals surface area (Å²) >= 11 is 0. The molecule has 0 bridgehead atoms. The number of hydrogen-bond donors (Lipinski definition) is 0. The minimum Gasteiger partial charge on any atom is -0.497 e. The Bertz CT molecular complexity index is 797. The first-order valence-corrected chi connectivity index (χ1v) is 9.21. The summed E-state index contributed by atoms with van der Waals surface area (Å²) in [5.74, 6) is 2.49. The molecule has 28 heavy (non-hydrogen) atoms. The maximum atomic E-state index is 12.2. The van der Waals surface area contributed by atoms with Crippen LogP contribution in [-0.2, 0) is 4.74 Å². The van der Waals surface area contributed by atoms with Crippen molar-refractivity contribution in [2.24, 2.45) is 0 Å². The van der Waals surface area contributed by atoms with Crippen LogP contribution in [0.15, 0.2) is 36.7 Å². The number of anilines is 1. The largest absolute Gasteiger partial charge is 0.497 e. The quantitative estimate of drug-likeness (QED) is 0.797. The van der Waals surface area contributed by atoms with Gasteiger partial charge in [-0.2, -0.15) is 0 Å². The Morgan fingerprint density at radius 2 is 1.57 bits per heavy atom. The Kier molecular flexibility index (Phi) is 5.87. The van der Waals surface area contributed by atoms with E-state index in [0.717, 1.165) is 5.75 Å². The molecule has 1 saturated heterocycles. The second kappa shape index (κ2) is 8.33. The Morgan fingerprint density at radius 3 is 2.18 bits per heavy atom. The molecule has 1 aromatic carbocycles. The highest BCUT2D eigenvalue weighted by Crippen LogP contribution is 2.29. The SMILES string of the molecule is COc1ccc(Oc2nccnc2N2CCN(C(=O)OC(C)(C)C)CC2)cc1. The van der Waals surface area contributed by atoms with Crippen molar-refractivity contribution in [3.05, 3.63) is 36.7 Å². The number of amides is 1. The highest BCUT2D eigenvalue weighted by Gasteiger charge is 2.27. The van der Waals surface area contributed by atoms with Crippen LogP contribution < -0.4 is 14.4 Å². The van der Waals surface area contributed by atoms with E-state index in [1.54, 1.807) is 24.4 Å². The molecule has 1 aliphatic heterocycles. The molecule has 0 atom stereocenters. The van der Waals surface area contributed by atoms with Crippen molar-refractivity contribution in [3.63, 3.8) is 0 Å². The maximum absolute atomic E-state index is 12.2. The minimum atomic E-state index is -0.501. The minimum absolute atomic E-state index is 0.291. The average molecular weight is 386 g/mol. The standard InChI is InChI=1S/C20H26N4O4/c1-20(2,3)28-19(25)24-13-11-23(12-14-24)17-18(22-10-9-21-17)27-16-7-5-15(26-4)6-8-16/h5-10H,11-14H2,1-4H3. The highest BCUT2D eigenvalue weighted by molar-refractivity contribution is 5.68. The van der Waals surface area contributed by atoms with E-state index in [1.165, 1.54) is 0 Å². The molecular formula is C20H26N4O4. The van der Waals surface area contributed by atoms with Gasteiger partial charge >= 0.3 is 6.09 Å². The zero-order chi connectivity index (χ0) is 20.1. The van der Waals surface area contributed by atoms with Gasteiger partial charge < -0.3 is 24.0 Å². The van der Waals surface area contributed by atoms with Gasteiger partial charge in [0.15, 0.2) is 5.82 Å². The molecule has 1 fully saturated rings. The summed E-state index contributed by atoms with van der Waals surface area (Å²) in [6.45, 7) is 7.94. The van der Waals surface area contributed by atoms with Crippen LogP contribution in [-0.4, -0.2) is 59.9 Å². The van der Waals surface area contributed by atoms with E-state index < -0.39 is 5.60 Å². The van der Waals surface area contributed by atoms with E-state index in [9.17, 15) is 4.79 Å². The third-order valence-electron chi connectivity index (χ3n) is 4.15. The summed E-state index contributed by atoms with van der Waals surface area (Å²) < 4.78 is 16.5. The van der Waals surface area contributed by atoms with Gasteiger partial charge in [-0.1, -0.05) is 0 Å². The number of nitrogens with zero attached hydrogens (tertiary/aromatic N) is 4. The van der Waals surface area contributed by atoms with E-state index in [4.69, 9.17) is 14.2 Å². The lowest BCUT2D eigenvalue weighted by atomic mass is 10.2. The number of aromatic nitrogens is 2. The molecule has 0 N–H and O–H groups in total. The van der Waals surface area contributed by atoms with Gasteiger partial charge in [-0.3, -0.25) is 0 Å². The van der Waals surface area contributed by atoms with Crippen molar-refractivity contribution in [1.82, 2.24) is 14.9 Å². The molecule has 0 spiro atoms. The Labute approximate surface area is 165 Å². The third kappa shape index (κ3) is 5.03. The molecule has 0 unspecified atom stereocenters. The predicted octanol–water partition coefficient (Wildman–Crippen LogP) is 3.33. The number of rotatable bonds is 4. The van der Waals surface area contributed by atoms with Crippen LogP contribution >= 0.6 is 0 Å². The lowest BCUT2D eigenvalue weighted by molar-refractivity contribution is 0.0240. The van der Waals surface area contributed by atoms with Gasteiger partial charge in [0.2, 0.25) is 0 Å². The normalized spacial score (nSPS) is 14.6. The van der Waals surface area contributed by atoms with Crippen LogP contribution in [0.4, 0.5) is 10.6 Å². The van der Waals surface area contributed by atoms with Crippen molar-refractivity contribution in [2.45, 2.75) is 26.4 Å². The zero-order valence-electron chi connectivity index (χ0n) is 16.7. The van der Waals surface area contributed by atoms with Crippen molar-refractivity contribution in [3.8, 4) is 17.4 Å². The monoisotopic (exact) mass is 386 g/mol. The van der Waals surface area contributed by atoms with Crippen LogP contribution in [0.5, 0.6) is 17.4 Å². The lowest BCUT2D eigenvalue weighted by Gasteiger charge is -2.36. The molecule has 8 heteroatoms. The van der Waals surface area contributed by atoms with E-state index in [2.05, 4.69) is 14.9 Å². The number of benzene rings is 1. The molecule has 1 aromatic heterocycles. The predicted molar refractivity (Wildman–Crippen MR) is 105 cm³/mol. The summed E-state index contributed by atoms with van der Waals surface area (Å²) in [6, 6.07) is 7.28. The lowest BCUT2D eigenvalue weighted by Crippen LogP contribution is -2.50. The van der Waals surface area contributed by atoms with Crippen LogP contribution in [0, 0.1) is 0 Å². The van der Waals surface area contributed by atoms with Crippen molar-refractivity contribution in [1.29, 1.82) is 0 Å². The van der Waals surface area contributed by atoms with E-state index in [1.807, 2.05) is 45.0 Å². The fraction of sp³-hybridized carbons (Fsp3) is 0.450. The van der Waals surface area contributed by atoms with E-state index in [0.29, 0.717) is 43.6 Å². The first-order valence-electron chi connectivity index (χ1n) is 9.21. The fourth-order valence-electron chi connectivity index (χ4n) is 2.79. The number of piperazine rings is 1. The first-order chi connectivity index (χ1) is 13.4. The molecule has 2 aromatic rings. The summed E-state index contributed by atoms with van der Waals surface area (Å²) in [7, 11) is 1.62. The summed E-state index contributed by atoms with van der Waals surface area (Å²) in [5, 5.41) is 0. The molecule has 1 amide bonds. The second-order valence-electron chi connectivity index (χ2n) is 7.42. The second-order valence-corrected chi connectivity index (χ2v) is 7.42. The molecule has 0 aliphatic carbocycles. The summed E-state index contributed by atoms with van der Waals surface area (Å²) in [4.78, 5) is 24.8. The van der Waals surface area contributed by atoms with Gasteiger partial charge in [0.05, 0.1) is 7.11 Å². The molecule has 0 radical (unpaired) electrons. The molecule has 8 nitrogen and oxygen atoms in total. The van der Waals surface area contributed by atoms with Gasteiger partial charge in [0, 0.05) is 38.6 Å². The summed E-state index contributed by atoms with van der Waals surface area (Å²) in [5.41, 5.74) is -0.501. The maximum Gasteiger partial charge on any atom is 0.410 e. The molecule has 2 heterocycles. The van der Waals surface area contributed by atoms with Crippen molar-refractivity contribution >= 4 is 11.9 Å². The van der Waals surface area contributed by atoms with E-state index in [-0.39, 0.29) is 6.09 Å². The topological polar surface area (TPSA) is 77.0 Å². The third-order valence-corrected chi connectivity index (χ3v) is 4.15. The fourth-order valence-corrected chi connectivity index (χ4v) is 2.79. The van der Waals surface area contributed by atoms with Gasteiger partial charge in [-0.15, -0.1) is 0 Å². The van der Waals surface area contributed by atoms with Gasteiger partial charge in [-0.25, -0.2) is 14.8 Å². The van der Waals surface area contributed by atoms with Gasteiger partial charge in [0.25, 0.3) is 5.88 Å². The summed E-state index contributed by atoms with van der Waals surface area (Å²) in [6.07, 6.45) is 2.94. The van der Waals surface area contributed by atoms with E-state index >= 15 is 0 Å². The average Bonchev–Trinajstić information content (AvgIpc) is 2.68. The van der Waals surface area contributed by atoms with Gasteiger partial charge in [0.1, 0.15) is 17.1 Å². The number of ether oxygens (including phenoxy) is 3. The van der Waals surface area contributed by atoms with Crippen LogP contribution in [0.3, 0.4) is 0 Å². The smallest absolute Gasteiger partial charge is 0.410 e. The van der Waals surface area contributed by atoms with Crippen LogP contribution in [0.25, 0.3) is 0 Å². The Morgan fingerprint density at radius 1 is 0.964 bits per heavy atom. The van der Waals surface area contributed by atoms with Crippen molar-refractivity contribution < 1.29 is 19.0 Å². The molecule has 3 rings (SSSR count). The number of methoxy groups -OCH3 is 1.